The third kappa shape index (κ3) is 8.70. The summed E-state index contributed by atoms with van der Waals surface area (Å²) in [5, 5.41) is 9.30. The molecule has 0 unspecified atom stereocenters. The molecule has 3 aromatic rings. The molecule has 0 fully saturated rings. The van der Waals surface area contributed by atoms with Crippen LogP contribution in [0.3, 0.4) is 0 Å². The van der Waals surface area contributed by atoms with Crippen LogP contribution in [0, 0.1) is 0 Å². The maximum absolute atomic E-state index is 13.7. The fraction of sp³-hybridized carbons (Fsp3) is 0.355. The summed E-state index contributed by atoms with van der Waals surface area (Å²) in [7, 11) is -3.99. The number of ether oxygens (including phenoxy) is 1. The standard InChI is InChI=1S/C31H37N3O7S/c1-30(2,3)23-17-15-22(16-18-23)19-33(42(39,40)25-12-8-7-9-13-25)20-24-11-10-14-26(32-24)28(37)34(21-27(35)36)29(38)41-31(4,5)6/h7-18H,19-21H2,1-6H3,(H,35,36). The summed E-state index contributed by atoms with van der Waals surface area (Å²) < 4.78 is 33.9. The second-order valence-electron chi connectivity index (χ2n) is 11.8. The van der Waals surface area contributed by atoms with Crippen LogP contribution in [0.5, 0.6) is 0 Å². The molecule has 10 nitrogen and oxygen atoms in total. The third-order valence-electron chi connectivity index (χ3n) is 6.08. The van der Waals surface area contributed by atoms with Crippen molar-refractivity contribution in [3.8, 4) is 0 Å². The molecule has 2 aromatic carbocycles. The molecular formula is C31H37N3O7S. The average Bonchev–Trinajstić information content (AvgIpc) is 2.90. The minimum Gasteiger partial charge on any atom is -0.480 e. The van der Waals surface area contributed by atoms with Gasteiger partial charge in [0.2, 0.25) is 10.0 Å². The predicted octanol–water partition coefficient (Wildman–Crippen LogP) is 5.23. The molecule has 0 radical (unpaired) electrons. The van der Waals surface area contributed by atoms with E-state index in [1.807, 2.05) is 24.3 Å². The summed E-state index contributed by atoms with van der Waals surface area (Å²) in [5.74, 6) is -2.40. The summed E-state index contributed by atoms with van der Waals surface area (Å²) in [6, 6.07) is 20.1. The fourth-order valence-corrected chi connectivity index (χ4v) is 5.38. The molecular weight excluding hydrogens is 558 g/mol. The zero-order chi connectivity index (χ0) is 31.3. The van der Waals surface area contributed by atoms with Gasteiger partial charge in [0.1, 0.15) is 17.8 Å². The molecule has 2 amide bonds. The van der Waals surface area contributed by atoms with Gasteiger partial charge in [-0.1, -0.05) is 69.3 Å². The molecule has 42 heavy (non-hydrogen) atoms. The number of sulfonamides is 1. The van der Waals surface area contributed by atoms with Gasteiger partial charge in [-0.15, -0.1) is 0 Å². The molecule has 1 heterocycles. The van der Waals surface area contributed by atoms with Crippen LogP contribution >= 0.6 is 0 Å². The lowest BCUT2D eigenvalue weighted by Crippen LogP contribution is -2.44. The van der Waals surface area contributed by atoms with Crippen molar-refractivity contribution < 1.29 is 32.6 Å². The van der Waals surface area contributed by atoms with Gasteiger partial charge in [-0.3, -0.25) is 9.59 Å². The highest BCUT2D eigenvalue weighted by Crippen LogP contribution is 2.25. The number of hydrogen-bond acceptors (Lipinski definition) is 7. The molecule has 0 bridgehead atoms. The van der Waals surface area contributed by atoms with E-state index < -0.39 is 40.1 Å². The van der Waals surface area contributed by atoms with E-state index in [0.29, 0.717) is 4.90 Å². The minimum atomic E-state index is -3.99. The van der Waals surface area contributed by atoms with Crippen LogP contribution in [0.2, 0.25) is 0 Å². The van der Waals surface area contributed by atoms with Gasteiger partial charge in [0.05, 0.1) is 17.1 Å². The number of carbonyl (C=O) groups excluding carboxylic acids is 2. The average molecular weight is 596 g/mol. The van der Waals surface area contributed by atoms with Gasteiger partial charge in [-0.05, 0) is 61.6 Å². The molecule has 3 rings (SSSR count). The molecule has 1 aromatic heterocycles. The van der Waals surface area contributed by atoms with Crippen molar-refractivity contribution in [1.29, 1.82) is 0 Å². The Labute approximate surface area is 247 Å². The molecule has 0 saturated heterocycles. The first-order valence-electron chi connectivity index (χ1n) is 13.3. The van der Waals surface area contributed by atoms with Crippen LogP contribution in [-0.4, -0.2) is 57.8 Å². The molecule has 0 atom stereocenters. The minimum absolute atomic E-state index is 0.0323. The summed E-state index contributed by atoms with van der Waals surface area (Å²) in [6.07, 6.45) is -1.13. The highest BCUT2D eigenvalue weighted by atomic mass is 32.2. The predicted molar refractivity (Wildman–Crippen MR) is 157 cm³/mol. The zero-order valence-electron chi connectivity index (χ0n) is 24.7. The first-order chi connectivity index (χ1) is 19.5. The molecule has 0 aliphatic carbocycles. The lowest BCUT2D eigenvalue weighted by Gasteiger charge is -2.25. The third-order valence-corrected chi connectivity index (χ3v) is 7.88. The van der Waals surface area contributed by atoms with Crippen LogP contribution in [0.25, 0.3) is 0 Å². The van der Waals surface area contributed by atoms with Crippen LogP contribution < -0.4 is 0 Å². The first kappa shape index (κ1) is 32.4. The normalized spacial score (nSPS) is 12.2. The maximum Gasteiger partial charge on any atom is 0.417 e. The van der Waals surface area contributed by atoms with Crippen molar-refractivity contribution in [2.75, 3.05) is 6.54 Å². The molecule has 0 saturated carbocycles. The van der Waals surface area contributed by atoms with Crippen molar-refractivity contribution in [3.05, 3.63) is 95.3 Å². The largest absolute Gasteiger partial charge is 0.480 e. The Balaban J connectivity index is 1.96. The maximum atomic E-state index is 13.7. The van der Waals surface area contributed by atoms with E-state index in [2.05, 4.69) is 25.8 Å². The number of carbonyl (C=O) groups is 3. The van der Waals surface area contributed by atoms with Crippen LogP contribution in [-0.2, 0) is 38.1 Å². The van der Waals surface area contributed by atoms with Crippen molar-refractivity contribution in [1.82, 2.24) is 14.2 Å². The molecule has 11 heteroatoms. The molecule has 0 aliphatic rings. The van der Waals surface area contributed by atoms with Crippen LogP contribution in [0.4, 0.5) is 4.79 Å². The van der Waals surface area contributed by atoms with Gasteiger partial charge < -0.3 is 9.84 Å². The van der Waals surface area contributed by atoms with E-state index in [-0.39, 0.29) is 34.8 Å². The topological polar surface area (TPSA) is 134 Å². The first-order valence-corrected chi connectivity index (χ1v) is 14.8. The number of imide groups is 1. The number of carboxylic acids is 1. The Hall–Kier alpha value is -4.09. The Kier molecular flexibility index (Phi) is 9.90. The van der Waals surface area contributed by atoms with Crippen LogP contribution in [0.1, 0.15) is 68.9 Å². The van der Waals surface area contributed by atoms with E-state index in [1.54, 1.807) is 45.0 Å². The van der Waals surface area contributed by atoms with Crippen molar-refractivity contribution in [2.24, 2.45) is 0 Å². The van der Waals surface area contributed by atoms with Gasteiger partial charge in [-0.25, -0.2) is 23.1 Å². The van der Waals surface area contributed by atoms with Crippen LogP contribution in [0.15, 0.2) is 77.7 Å². The number of nitrogens with zero attached hydrogens (tertiary/aromatic N) is 3. The summed E-state index contributed by atoms with van der Waals surface area (Å²) >= 11 is 0. The summed E-state index contributed by atoms with van der Waals surface area (Å²) in [5.41, 5.74) is 0.817. The number of pyridine rings is 1. The number of amides is 2. The lowest BCUT2D eigenvalue weighted by atomic mass is 9.87. The van der Waals surface area contributed by atoms with Crippen molar-refractivity contribution in [3.63, 3.8) is 0 Å². The Morgan fingerprint density at radius 1 is 0.833 bits per heavy atom. The second-order valence-corrected chi connectivity index (χ2v) is 13.8. The number of hydrogen-bond donors (Lipinski definition) is 1. The molecule has 0 spiro atoms. The Bertz CT molecular complexity index is 1530. The van der Waals surface area contributed by atoms with E-state index in [1.165, 1.54) is 28.6 Å². The Morgan fingerprint density at radius 2 is 1.45 bits per heavy atom. The van der Waals surface area contributed by atoms with Crippen molar-refractivity contribution >= 4 is 28.0 Å². The van der Waals surface area contributed by atoms with Gasteiger partial charge in [0, 0.05) is 6.54 Å². The molecule has 224 valence electrons. The highest BCUT2D eigenvalue weighted by Gasteiger charge is 2.31. The van der Waals surface area contributed by atoms with Crippen molar-refractivity contribution in [2.45, 2.75) is 70.5 Å². The highest BCUT2D eigenvalue weighted by molar-refractivity contribution is 7.89. The smallest absolute Gasteiger partial charge is 0.417 e. The fourth-order valence-electron chi connectivity index (χ4n) is 3.96. The number of rotatable bonds is 9. The zero-order valence-corrected chi connectivity index (χ0v) is 25.5. The van der Waals surface area contributed by atoms with E-state index in [4.69, 9.17) is 4.74 Å². The lowest BCUT2D eigenvalue weighted by molar-refractivity contribution is -0.137. The summed E-state index contributed by atoms with van der Waals surface area (Å²) in [4.78, 5) is 42.2. The number of benzene rings is 2. The quantitative estimate of drug-likeness (QED) is 0.355. The van der Waals surface area contributed by atoms with E-state index in [0.717, 1.165) is 11.1 Å². The van der Waals surface area contributed by atoms with Gasteiger partial charge >= 0.3 is 12.1 Å². The number of aromatic nitrogens is 1. The van der Waals surface area contributed by atoms with E-state index in [9.17, 15) is 27.9 Å². The number of carboxylic acid groups (broad SMARTS) is 1. The summed E-state index contributed by atoms with van der Waals surface area (Å²) in [6.45, 7) is 9.95. The number of aliphatic carboxylic acids is 1. The van der Waals surface area contributed by atoms with Gasteiger partial charge in [-0.2, -0.15) is 4.31 Å². The molecule has 0 aliphatic heterocycles. The molecule has 1 N–H and O–H groups in total. The SMILES string of the molecule is CC(C)(C)OC(=O)N(CC(=O)O)C(=O)c1cccc(CN(Cc2ccc(C(C)(C)C)cc2)S(=O)(=O)c2ccccc2)n1. The second kappa shape index (κ2) is 12.8. The van der Waals surface area contributed by atoms with E-state index >= 15 is 0 Å². The Morgan fingerprint density at radius 3 is 2.00 bits per heavy atom. The van der Waals surface area contributed by atoms with Gasteiger partial charge in [0.15, 0.2) is 0 Å². The monoisotopic (exact) mass is 595 g/mol. The van der Waals surface area contributed by atoms with Gasteiger partial charge in [0.25, 0.3) is 5.91 Å².